The Balaban J connectivity index is 3.39. The Morgan fingerprint density at radius 2 is 2.05 bits per heavy atom. The Morgan fingerprint density at radius 3 is 2.55 bits per heavy atom. The molecule has 0 aromatic carbocycles. The van der Waals surface area contributed by atoms with Gasteiger partial charge in [-0.15, -0.1) is 5.54 Å². The summed E-state index contributed by atoms with van der Waals surface area (Å²) in [5, 5.41) is 2.74. The van der Waals surface area contributed by atoms with Crippen molar-refractivity contribution in [3.8, 4) is 11.5 Å². The van der Waals surface area contributed by atoms with Gasteiger partial charge in [0.25, 0.3) is 0 Å². The van der Waals surface area contributed by atoms with Crippen molar-refractivity contribution in [1.29, 1.82) is 0 Å². The molecule has 0 spiro atoms. The highest BCUT2D eigenvalue weighted by Crippen LogP contribution is 2.23. The molecule has 0 aliphatic heterocycles. The van der Waals surface area contributed by atoms with E-state index in [0.29, 0.717) is 11.4 Å². The van der Waals surface area contributed by atoms with Gasteiger partial charge in [0.2, 0.25) is 5.91 Å². The minimum Gasteiger partial charge on any atom is -0.461 e. The van der Waals surface area contributed by atoms with E-state index in [4.69, 9.17) is 16.3 Å². The molecule has 1 aromatic heterocycles. The van der Waals surface area contributed by atoms with E-state index in [1.54, 1.807) is 6.92 Å². The maximum Gasteiger partial charge on any atom is 0.358 e. The maximum atomic E-state index is 11.9. The largest absolute Gasteiger partial charge is 0.461 e. The lowest BCUT2D eigenvalue weighted by Crippen LogP contribution is -2.17. The second kappa shape index (κ2) is 7.43. The van der Waals surface area contributed by atoms with Crippen molar-refractivity contribution in [2.24, 2.45) is 0 Å². The number of carbonyl (C=O) groups excluding carboxylic acids is 2. The summed E-state index contributed by atoms with van der Waals surface area (Å²) >= 11 is 6.05. The molecule has 0 saturated carbocycles. The molecule has 0 fully saturated rings. The summed E-state index contributed by atoms with van der Waals surface area (Å²) in [5.74, 6) is 2.06. The second-order valence-corrected chi connectivity index (χ2v) is 10.8. The normalized spacial score (nSPS) is 10.5. The fourth-order valence-electron chi connectivity index (χ4n) is 1.46. The molecule has 0 radical (unpaired) electrons. The number of esters is 1. The SMILES string of the molecule is CCOC(=O)c1nc(C#C[Si](C)(C)C)c(NC(C)=O)cc1Cl. The van der Waals surface area contributed by atoms with Gasteiger partial charge in [-0.2, -0.15) is 0 Å². The van der Waals surface area contributed by atoms with Crippen LogP contribution in [0, 0.1) is 11.5 Å². The number of anilines is 1. The highest BCUT2D eigenvalue weighted by Gasteiger charge is 2.18. The maximum absolute atomic E-state index is 11.9. The van der Waals surface area contributed by atoms with Gasteiger partial charge in [-0.25, -0.2) is 9.78 Å². The summed E-state index contributed by atoms with van der Waals surface area (Å²) in [4.78, 5) is 27.3. The van der Waals surface area contributed by atoms with Crippen LogP contribution >= 0.6 is 11.6 Å². The monoisotopic (exact) mass is 338 g/mol. The molecule has 0 bridgehead atoms. The van der Waals surface area contributed by atoms with E-state index in [1.165, 1.54) is 13.0 Å². The van der Waals surface area contributed by atoms with E-state index in [0.717, 1.165) is 0 Å². The van der Waals surface area contributed by atoms with E-state index in [9.17, 15) is 9.59 Å². The third kappa shape index (κ3) is 5.51. The summed E-state index contributed by atoms with van der Waals surface area (Å²) in [6, 6.07) is 1.47. The summed E-state index contributed by atoms with van der Waals surface area (Å²) in [5.41, 5.74) is 3.84. The second-order valence-electron chi connectivity index (χ2n) is 5.62. The van der Waals surface area contributed by atoms with Crippen LogP contribution in [-0.2, 0) is 9.53 Å². The van der Waals surface area contributed by atoms with Crippen LogP contribution in [-0.4, -0.2) is 31.5 Å². The Morgan fingerprint density at radius 1 is 1.41 bits per heavy atom. The van der Waals surface area contributed by atoms with Crippen molar-refractivity contribution < 1.29 is 14.3 Å². The average molecular weight is 339 g/mol. The molecule has 1 amide bonds. The number of aromatic nitrogens is 1. The smallest absolute Gasteiger partial charge is 0.358 e. The number of halogens is 1. The van der Waals surface area contributed by atoms with E-state index in [-0.39, 0.29) is 23.2 Å². The van der Waals surface area contributed by atoms with Crippen molar-refractivity contribution in [2.75, 3.05) is 11.9 Å². The molecule has 0 aliphatic rings. The number of hydrogen-bond donors (Lipinski definition) is 1. The van der Waals surface area contributed by atoms with E-state index in [2.05, 4.69) is 41.4 Å². The number of pyridine rings is 1. The number of ether oxygens (including phenoxy) is 1. The van der Waals surface area contributed by atoms with Gasteiger partial charge in [0.15, 0.2) is 5.69 Å². The minimum absolute atomic E-state index is 0.00232. The van der Waals surface area contributed by atoms with Gasteiger partial charge >= 0.3 is 5.97 Å². The van der Waals surface area contributed by atoms with Crippen molar-refractivity contribution in [3.63, 3.8) is 0 Å². The Kier molecular flexibility index (Phi) is 6.15. The zero-order valence-electron chi connectivity index (χ0n) is 13.3. The molecule has 1 heterocycles. The Labute approximate surface area is 136 Å². The minimum atomic E-state index is -1.64. The molecule has 0 unspecified atom stereocenters. The third-order valence-corrected chi connectivity index (χ3v) is 3.47. The summed E-state index contributed by atoms with van der Waals surface area (Å²) < 4.78 is 4.92. The van der Waals surface area contributed by atoms with Gasteiger partial charge in [0, 0.05) is 6.92 Å². The van der Waals surface area contributed by atoms with Crippen LogP contribution < -0.4 is 5.32 Å². The summed E-state index contributed by atoms with van der Waals surface area (Å²) in [7, 11) is -1.64. The zero-order valence-corrected chi connectivity index (χ0v) is 15.1. The molecule has 0 aliphatic carbocycles. The highest BCUT2D eigenvalue weighted by atomic mass is 35.5. The van der Waals surface area contributed by atoms with Gasteiger partial charge in [0.1, 0.15) is 13.8 Å². The van der Waals surface area contributed by atoms with Crippen LogP contribution in [0.4, 0.5) is 5.69 Å². The quantitative estimate of drug-likeness (QED) is 0.522. The first-order valence-corrected chi connectivity index (χ1v) is 10.7. The first-order valence-electron chi connectivity index (χ1n) is 6.82. The van der Waals surface area contributed by atoms with Crippen molar-refractivity contribution in [3.05, 3.63) is 22.5 Å². The first kappa shape index (κ1) is 18.2. The molecular weight excluding hydrogens is 320 g/mol. The molecule has 118 valence electrons. The van der Waals surface area contributed by atoms with E-state index in [1.807, 2.05) is 0 Å². The van der Waals surface area contributed by atoms with E-state index < -0.39 is 14.0 Å². The topological polar surface area (TPSA) is 68.3 Å². The van der Waals surface area contributed by atoms with Crippen LogP contribution in [0.1, 0.15) is 30.0 Å². The van der Waals surface area contributed by atoms with Gasteiger partial charge in [-0.3, -0.25) is 4.79 Å². The Bertz CT molecular complexity index is 657. The van der Waals surface area contributed by atoms with Gasteiger partial charge in [-0.1, -0.05) is 37.2 Å². The lowest BCUT2D eigenvalue weighted by molar-refractivity contribution is -0.114. The fourth-order valence-corrected chi connectivity index (χ4v) is 2.18. The molecule has 0 atom stereocenters. The van der Waals surface area contributed by atoms with Crippen LogP contribution in [0.3, 0.4) is 0 Å². The number of carbonyl (C=O) groups is 2. The fraction of sp³-hybridized carbons (Fsp3) is 0.400. The van der Waals surface area contributed by atoms with Crippen molar-refractivity contribution >= 4 is 37.2 Å². The highest BCUT2D eigenvalue weighted by molar-refractivity contribution is 6.83. The predicted molar refractivity (Wildman–Crippen MR) is 89.7 cm³/mol. The molecule has 5 nitrogen and oxygen atoms in total. The summed E-state index contributed by atoms with van der Waals surface area (Å²) in [6.45, 7) is 9.55. The number of nitrogens with zero attached hydrogens (tertiary/aromatic N) is 1. The first-order chi connectivity index (χ1) is 10.1. The zero-order chi connectivity index (χ0) is 16.9. The standard InChI is InChI=1S/C15H19ClN2O3Si/c1-6-21-15(20)14-11(16)9-13(17-10(2)19)12(18-14)7-8-22(3,4)5/h9H,6H2,1-5H3,(H,17,19). The lowest BCUT2D eigenvalue weighted by atomic mass is 10.2. The van der Waals surface area contributed by atoms with Gasteiger partial charge in [0.05, 0.1) is 17.3 Å². The molecular formula is C15H19ClN2O3Si. The van der Waals surface area contributed by atoms with Crippen LogP contribution in [0.25, 0.3) is 0 Å². The summed E-state index contributed by atoms with van der Waals surface area (Å²) in [6.07, 6.45) is 0. The number of hydrogen-bond acceptors (Lipinski definition) is 4. The molecule has 7 heteroatoms. The van der Waals surface area contributed by atoms with Gasteiger partial charge in [-0.05, 0) is 13.0 Å². The lowest BCUT2D eigenvalue weighted by Gasteiger charge is -2.10. The Hall–Kier alpha value is -1.84. The van der Waals surface area contributed by atoms with Crippen LogP contribution in [0.2, 0.25) is 24.7 Å². The van der Waals surface area contributed by atoms with Crippen molar-refractivity contribution in [1.82, 2.24) is 4.98 Å². The number of amides is 1. The molecule has 1 aromatic rings. The van der Waals surface area contributed by atoms with Crippen LogP contribution in [0.15, 0.2) is 6.07 Å². The molecule has 1 N–H and O–H groups in total. The molecule has 22 heavy (non-hydrogen) atoms. The number of nitrogens with one attached hydrogen (secondary N) is 1. The van der Waals surface area contributed by atoms with Gasteiger partial charge < -0.3 is 10.1 Å². The average Bonchev–Trinajstić information content (AvgIpc) is 2.36. The molecule has 0 saturated heterocycles. The van der Waals surface area contributed by atoms with Crippen molar-refractivity contribution in [2.45, 2.75) is 33.5 Å². The molecule has 1 rings (SSSR count). The number of rotatable bonds is 3. The third-order valence-electron chi connectivity index (χ3n) is 2.31. The predicted octanol–water partition coefficient (Wildman–Crippen LogP) is 3.10. The van der Waals surface area contributed by atoms with E-state index >= 15 is 0 Å². The van der Waals surface area contributed by atoms with Crippen LogP contribution in [0.5, 0.6) is 0 Å².